The number of aromatic nitrogens is 3. The molecule has 5 nitrogen and oxygen atoms in total. The molecule has 1 aliphatic rings. The lowest BCUT2D eigenvalue weighted by Crippen LogP contribution is -2.05. The maximum atomic E-state index is 9.51. The molecule has 0 bridgehead atoms. The Morgan fingerprint density at radius 2 is 2.19 bits per heavy atom. The number of phenolic OH excluding ortho intramolecular Hbond substituents is 1. The number of nitrogens with zero attached hydrogens (tertiary/aromatic N) is 4. The smallest absolute Gasteiger partial charge is 0.174 e. The van der Waals surface area contributed by atoms with E-state index in [2.05, 4.69) is 16.3 Å². The van der Waals surface area contributed by atoms with Crippen molar-refractivity contribution < 1.29 is 5.11 Å². The quantitative estimate of drug-likeness (QED) is 0.858. The van der Waals surface area contributed by atoms with Gasteiger partial charge in [-0.1, -0.05) is 18.6 Å². The first-order chi connectivity index (χ1) is 10.3. The van der Waals surface area contributed by atoms with Crippen LogP contribution in [0.15, 0.2) is 24.3 Å². The van der Waals surface area contributed by atoms with Crippen LogP contribution in [-0.2, 0) is 13.0 Å². The van der Waals surface area contributed by atoms with Gasteiger partial charge in [-0.3, -0.25) is 0 Å². The van der Waals surface area contributed by atoms with E-state index in [9.17, 15) is 10.4 Å². The molecule has 21 heavy (non-hydrogen) atoms. The Kier molecular flexibility index (Phi) is 3.69. The average molecular weight is 280 g/mol. The van der Waals surface area contributed by atoms with Gasteiger partial charge in [-0.05, 0) is 36.6 Å². The SMILES string of the molecule is N#C/C(=C\c1cccc(O)c1)c1nnc2n1CCCCC2. The summed E-state index contributed by atoms with van der Waals surface area (Å²) in [5.41, 5.74) is 1.25. The third-order valence-corrected chi connectivity index (χ3v) is 3.65. The highest BCUT2D eigenvalue weighted by Crippen LogP contribution is 2.22. The van der Waals surface area contributed by atoms with E-state index < -0.39 is 0 Å². The number of nitriles is 1. The Bertz CT molecular complexity index is 724. The van der Waals surface area contributed by atoms with E-state index in [1.165, 1.54) is 6.42 Å². The number of phenols is 1. The predicted octanol–water partition coefficient (Wildman–Crippen LogP) is 2.77. The van der Waals surface area contributed by atoms with Gasteiger partial charge >= 0.3 is 0 Å². The van der Waals surface area contributed by atoms with Crippen LogP contribution in [0.4, 0.5) is 0 Å². The fraction of sp³-hybridized carbons (Fsp3) is 0.312. The molecule has 1 aliphatic heterocycles. The van der Waals surface area contributed by atoms with Gasteiger partial charge in [0.15, 0.2) is 5.82 Å². The van der Waals surface area contributed by atoms with Gasteiger partial charge < -0.3 is 9.67 Å². The molecule has 0 atom stereocenters. The summed E-state index contributed by atoms with van der Waals surface area (Å²) in [6, 6.07) is 9.02. The Morgan fingerprint density at radius 1 is 1.29 bits per heavy atom. The molecule has 0 amide bonds. The topological polar surface area (TPSA) is 74.7 Å². The van der Waals surface area contributed by atoms with Gasteiger partial charge in [-0.15, -0.1) is 10.2 Å². The molecule has 0 radical (unpaired) electrons. The third-order valence-electron chi connectivity index (χ3n) is 3.65. The molecule has 0 saturated heterocycles. The lowest BCUT2D eigenvalue weighted by molar-refractivity contribution is 0.475. The Hall–Kier alpha value is -2.61. The summed E-state index contributed by atoms with van der Waals surface area (Å²) in [6.07, 6.45) is 6.04. The molecule has 3 rings (SSSR count). The Balaban J connectivity index is 2.01. The highest BCUT2D eigenvalue weighted by molar-refractivity contribution is 5.87. The zero-order valence-electron chi connectivity index (χ0n) is 11.7. The third kappa shape index (κ3) is 2.79. The molecule has 2 heterocycles. The van der Waals surface area contributed by atoms with Gasteiger partial charge in [0, 0.05) is 13.0 Å². The van der Waals surface area contributed by atoms with Crippen LogP contribution < -0.4 is 0 Å². The summed E-state index contributed by atoms with van der Waals surface area (Å²) in [5.74, 6) is 1.76. The minimum absolute atomic E-state index is 0.182. The minimum Gasteiger partial charge on any atom is -0.508 e. The largest absolute Gasteiger partial charge is 0.508 e. The number of allylic oxidation sites excluding steroid dienone is 1. The molecule has 0 fully saturated rings. The Labute approximate surface area is 123 Å². The summed E-state index contributed by atoms with van der Waals surface area (Å²) < 4.78 is 2.05. The molecule has 0 unspecified atom stereocenters. The maximum absolute atomic E-state index is 9.51. The van der Waals surface area contributed by atoms with Crippen molar-refractivity contribution in [3.63, 3.8) is 0 Å². The molecule has 1 aromatic carbocycles. The Morgan fingerprint density at radius 3 is 3.00 bits per heavy atom. The van der Waals surface area contributed by atoms with Crippen molar-refractivity contribution in [3.8, 4) is 11.8 Å². The van der Waals surface area contributed by atoms with Crippen molar-refractivity contribution in [3.05, 3.63) is 41.5 Å². The lowest BCUT2D eigenvalue weighted by Gasteiger charge is -2.05. The monoisotopic (exact) mass is 280 g/mol. The van der Waals surface area contributed by atoms with Crippen molar-refractivity contribution in [2.75, 3.05) is 0 Å². The van der Waals surface area contributed by atoms with Crippen molar-refractivity contribution in [1.29, 1.82) is 5.26 Å². The van der Waals surface area contributed by atoms with Crippen LogP contribution in [-0.4, -0.2) is 19.9 Å². The molecular formula is C16H16N4O. The van der Waals surface area contributed by atoms with Gasteiger partial charge in [0.05, 0.1) is 5.57 Å². The van der Waals surface area contributed by atoms with E-state index in [1.54, 1.807) is 24.3 Å². The summed E-state index contributed by atoms with van der Waals surface area (Å²) in [4.78, 5) is 0. The van der Waals surface area contributed by atoms with Crippen molar-refractivity contribution in [2.45, 2.75) is 32.2 Å². The zero-order chi connectivity index (χ0) is 14.7. The fourth-order valence-electron chi connectivity index (χ4n) is 2.61. The lowest BCUT2D eigenvalue weighted by atomic mass is 10.1. The van der Waals surface area contributed by atoms with Crippen molar-refractivity contribution in [2.24, 2.45) is 0 Å². The second kappa shape index (κ2) is 5.80. The first-order valence-corrected chi connectivity index (χ1v) is 7.11. The molecule has 1 aromatic heterocycles. The van der Waals surface area contributed by atoms with Gasteiger partial charge in [-0.25, -0.2) is 0 Å². The number of hydrogen-bond acceptors (Lipinski definition) is 4. The van der Waals surface area contributed by atoms with Crippen molar-refractivity contribution in [1.82, 2.24) is 14.8 Å². The van der Waals surface area contributed by atoms with E-state index >= 15 is 0 Å². The van der Waals surface area contributed by atoms with Crippen LogP contribution >= 0.6 is 0 Å². The van der Waals surface area contributed by atoms with Crippen LogP contribution in [0.1, 0.15) is 36.5 Å². The van der Waals surface area contributed by atoms with Gasteiger partial charge in [-0.2, -0.15) is 5.26 Å². The van der Waals surface area contributed by atoms with Crippen LogP contribution in [0.2, 0.25) is 0 Å². The van der Waals surface area contributed by atoms with Gasteiger partial charge in [0.25, 0.3) is 0 Å². The summed E-state index contributed by atoms with van der Waals surface area (Å²) >= 11 is 0. The molecule has 0 aliphatic carbocycles. The highest BCUT2D eigenvalue weighted by atomic mass is 16.3. The molecule has 1 N–H and O–H groups in total. The molecule has 5 heteroatoms. The number of rotatable bonds is 2. The number of fused-ring (bicyclic) bond motifs is 1. The second-order valence-electron chi connectivity index (χ2n) is 5.17. The fourth-order valence-corrected chi connectivity index (χ4v) is 2.61. The van der Waals surface area contributed by atoms with E-state index in [1.807, 2.05) is 10.6 Å². The first-order valence-electron chi connectivity index (χ1n) is 7.11. The van der Waals surface area contributed by atoms with Crippen LogP contribution in [0.5, 0.6) is 5.75 Å². The summed E-state index contributed by atoms with van der Waals surface area (Å²) in [5, 5.41) is 27.4. The van der Waals surface area contributed by atoms with Crippen LogP contribution in [0.3, 0.4) is 0 Å². The maximum Gasteiger partial charge on any atom is 0.174 e. The average Bonchev–Trinajstić information content (AvgIpc) is 2.73. The number of hydrogen-bond donors (Lipinski definition) is 1. The van der Waals surface area contributed by atoms with Crippen molar-refractivity contribution >= 4 is 11.6 Å². The summed E-state index contributed by atoms with van der Waals surface area (Å²) in [6.45, 7) is 0.858. The number of benzene rings is 1. The minimum atomic E-state index is 0.182. The highest BCUT2D eigenvalue weighted by Gasteiger charge is 2.17. The second-order valence-corrected chi connectivity index (χ2v) is 5.17. The zero-order valence-corrected chi connectivity index (χ0v) is 11.7. The normalized spacial score (nSPS) is 15.1. The molecular weight excluding hydrogens is 264 g/mol. The van der Waals surface area contributed by atoms with E-state index in [-0.39, 0.29) is 5.75 Å². The predicted molar refractivity (Wildman–Crippen MR) is 79.2 cm³/mol. The standard InChI is InChI=1S/C16H16N4O/c17-11-13(9-12-5-4-6-14(21)10-12)16-19-18-15-7-2-1-3-8-20(15)16/h4-6,9-10,21H,1-3,7-8H2/b13-9+. The summed E-state index contributed by atoms with van der Waals surface area (Å²) in [7, 11) is 0. The number of aromatic hydroxyl groups is 1. The van der Waals surface area contributed by atoms with Crippen LogP contribution in [0, 0.1) is 11.3 Å². The van der Waals surface area contributed by atoms with E-state index in [4.69, 9.17) is 0 Å². The van der Waals surface area contributed by atoms with E-state index in [0.717, 1.165) is 37.2 Å². The molecule has 0 saturated carbocycles. The van der Waals surface area contributed by atoms with Crippen LogP contribution in [0.25, 0.3) is 11.6 Å². The van der Waals surface area contributed by atoms with Gasteiger partial charge in [0.2, 0.25) is 0 Å². The molecule has 106 valence electrons. The number of aryl methyl sites for hydroxylation is 1. The van der Waals surface area contributed by atoms with Gasteiger partial charge in [0.1, 0.15) is 17.6 Å². The molecule has 2 aromatic rings. The first kappa shape index (κ1) is 13.4. The van der Waals surface area contributed by atoms with E-state index in [0.29, 0.717) is 11.4 Å². The molecule has 0 spiro atoms.